The second-order valence-electron chi connectivity index (χ2n) is 15.9. The number of rotatable bonds is 19. The number of hydrogen-bond donors (Lipinski definition) is 3. The SMILES string of the molecule is CCC(O)CCC(C)(OC)C(/C=C/C(C)C(=O)/C(C)=C/C=C/C(C)(O)CC1OC1C(C)C(O)CC)OC(=O)N1CCN(C2CCCCCC2)CC1. The molecule has 1 saturated carbocycles. The van der Waals surface area contributed by atoms with Gasteiger partial charge in [-0.15, -0.1) is 0 Å². The molecule has 9 atom stereocenters. The zero-order valence-corrected chi connectivity index (χ0v) is 32.9. The highest BCUT2D eigenvalue weighted by Crippen LogP contribution is 2.37. The third-order valence-corrected chi connectivity index (χ3v) is 11.6. The van der Waals surface area contributed by atoms with Crippen LogP contribution in [0.3, 0.4) is 0 Å². The van der Waals surface area contributed by atoms with E-state index in [2.05, 4.69) is 4.90 Å². The number of piperazine rings is 1. The summed E-state index contributed by atoms with van der Waals surface area (Å²) >= 11 is 0. The minimum absolute atomic E-state index is 0.00765. The number of Topliss-reactive ketones (excluding diaryl/α,β-unsaturated/α-hetero) is 1. The zero-order chi connectivity index (χ0) is 37.8. The summed E-state index contributed by atoms with van der Waals surface area (Å²) in [5, 5.41) is 31.4. The molecule has 1 aliphatic carbocycles. The van der Waals surface area contributed by atoms with Gasteiger partial charge in [-0.3, -0.25) is 9.69 Å². The van der Waals surface area contributed by atoms with E-state index in [0.717, 1.165) is 13.1 Å². The third kappa shape index (κ3) is 13.4. The Morgan fingerprint density at radius 1 is 0.980 bits per heavy atom. The van der Waals surface area contributed by atoms with E-state index < -0.39 is 41.5 Å². The van der Waals surface area contributed by atoms with E-state index in [0.29, 0.717) is 56.8 Å². The van der Waals surface area contributed by atoms with E-state index in [1.54, 1.807) is 56.2 Å². The highest BCUT2D eigenvalue weighted by molar-refractivity contribution is 5.97. The number of carbonyl (C=O) groups is 2. The van der Waals surface area contributed by atoms with Crippen molar-refractivity contribution in [3.05, 3.63) is 36.0 Å². The van der Waals surface area contributed by atoms with Crippen molar-refractivity contribution in [1.29, 1.82) is 0 Å². The first-order valence-electron chi connectivity index (χ1n) is 19.7. The second-order valence-corrected chi connectivity index (χ2v) is 15.9. The van der Waals surface area contributed by atoms with Crippen molar-refractivity contribution in [2.24, 2.45) is 11.8 Å². The van der Waals surface area contributed by atoms with Crippen LogP contribution in [-0.2, 0) is 19.0 Å². The Morgan fingerprint density at radius 3 is 2.22 bits per heavy atom. The minimum Gasteiger partial charge on any atom is -0.439 e. The van der Waals surface area contributed by atoms with Crippen LogP contribution < -0.4 is 0 Å². The van der Waals surface area contributed by atoms with Gasteiger partial charge in [0.1, 0.15) is 5.60 Å². The van der Waals surface area contributed by atoms with Gasteiger partial charge in [-0.05, 0) is 70.9 Å². The molecule has 2 saturated heterocycles. The van der Waals surface area contributed by atoms with Crippen LogP contribution in [0.15, 0.2) is 36.0 Å². The van der Waals surface area contributed by atoms with Gasteiger partial charge in [0, 0.05) is 57.6 Å². The third-order valence-electron chi connectivity index (χ3n) is 11.6. The summed E-state index contributed by atoms with van der Waals surface area (Å²) in [6, 6.07) is 0.600. The van der Waals surface area contributed by atoms with Crippen LogP contribution in [-0.4, -0.2) is 118 Å². The molecule has 10 heteroatoms. The Bertz CT molecular complexity index is 1170. The fourth-order valence-electron chi connectivity index (χ4n) is 7.51. The molecule has 0 bridgehead atoms. The van der Waals surface area contributed by atoms with Gasteiger partial charge >= 0.3 is 6.09 Å². The Kier molecular flexibility index (Phi) is 17.3. The van der Waals surface area contributed by atoms with Crippen molar-refractivity contribution >= 4 is 11.9 Å². The van der Waals surface area contributed by atoms with Crippen molar-refractivity contribution < 1.29 is 39.1 Å². The number of allylic oxidation sites excluding steroid dienone is 4. The van der Waals surface area contributed by atoms with Gasteiger partial charge in [0.15, 0.2) is 11.9 Å². The Balaban J connectivity index is 1.64. The number of carbonyl (C=O) groups excluding carboxylic acids is 2. The van der Waals surface area contributed by atoms with Crippen LogP contribution in [0, 0.1) is 11.8 Å². The van der Waals surface area contributed by atoms with Crippen molar-refractivity contribution in [2.45, 2.75) is 167 Å². The Labute approximate surface area is 308 Å². The number of ketones is 1. The Hall–Kier alpha value is -2.08. The van der Waals surface area contributed by atoms with Gasteiger partial charge in [-0.2, -0.15) is 0 Å². The summed E-state index contributed by atoms with van der Waals surface area (Å²) in [5.74, 6) is -0.592. The van der Waals surface area contributed by atoms with Crippen LogP contribution in [0.25, 0.3) is 0 Å². The lowest BCUT2D eigenvalue weighted by Gasteiger charge is -2.40. The molecule has 0 aromatic carbocycles. The quantitative estimate of drug-likeness (QED) is 0.0459. The number of hydrogen-bond acceptors (Lipinski definition) is 9. The highest BCUT2D eigenvalue weighted by Gasteiger charge is 2.47. The molecule has 3 aliphatic rings. The Morgan fingerprint density at radius 2 is 1.63 bits per heavy atom. The molecule has 3 N–H and O–H groups in total. The van der Waals surface area contributed by atoms with Crippen LogP contribution >= 0.6 is 0 Å². The first-order chi connectivity index (χ1) is 24.1. The van der Waals surface area contributed by atoms with Gasteiger partial charge in [0.25, 0.3) is 0 Å². The molecular weight excluding hydrogens is 648 g/mol. The molecule has 51 heavy (non-hydrogen) atoms. The second kappa shape index (κ2) is 20.4. The van der Waals surface area contributed by atoms with Crippen LogP contribution in [0.2, 0.25) is 0 Å². The van der Waals surface area contributed by atoms with E-state index in [9.17, 15) is 24.9 Å². The van der Waals surface area contributed by atoms with Crippen molar-refractivity contribution in [3.8, 4) is 0 Å². The number of aliphatic hydroxyl groups excluding tert-OH is 2. The molecule has 2 aliphatic heterocycles. The maximum absolute atomic E-state index is 13.6. The van der Waals surface area contributed by atoms with E-state index in [4.69, 9.17) is 14.2 Å². The molecular formula is C41H70N2O8. The smallest absolute Gasteiger partial charge is 0.410 e. The summed E-state index contributed by atoms with van der Waals surface area (Å²) < 4.78 is 17.9. The number of methoxy groups -OCH3 is 1. The van der Waals surface area contributed by atoms with Gasteiger partial charge in [-0.25, -0.2) is 4.79 Å². The highest BCUT2D eigenvalue weighted by atomic mass is 16.6. The summed E-state index contributed by atoms with van der Waals surface area (Å²) in [5.41, 5.74) is -1.51. The predicted octanol–water partition coefficient (Wildman–Crippen LogP) is 6.37. The molecule has 10 nitrogen and oxygen atoms in total. The van der Waals surface area contributed by atoms with Crippen LogP contribution in [0.5, 0.6) is 0 Å². The minimum atomic E-state index is -1.13. The van der Waals surface area contributed by atoms with Crippen LogP contribution in [0.1, 0.15) is 119 Å². The number of epoxide rings is 1. The van der Waals surface area contributed by atoms with Gasteiger partial charge in [-0.1, -0.05) is 77.7 Å². The first-order valence-corrected chi connectivity index (χ1v) is 19.7. The first kappa shape index (κ1) is 43.3. The van der Waals surface area contributed by atoms with Gasteiger partial charge < -0.3 is 34.4 Å². The summed E-state index contributed by atoms with van der Waals surface area (Å²) in [6.45, 7) is 15.9. The normalized spacial score (nSPS) is 26.6. The average Bonchev–Trinajstić information content (AvgIpc) is 3.93. The molecule has 9 unspecified atom stereocenters. The van der Waals surface area contributed by atoms with Gasteiger partial charge in [0.2, 0.25) is 0 Å². The molecule has 292 valence electrons. The fraction of sp³-hybridized carbons (Fsp3) is 0.805. The molecule has 3 rings (SSSR count). The topological polar surface area (TPSA) is 132 Å². The molecule has 1 amide bonds. The van der Waals surface area contributed by atoms with E-state index in [-0.39, 0.29) is 23.9 Å². The lowest BCUT2D eigenvalue weighted by molar-refractivity contribution is -0.117. The summed E-state index contributed by atoms with van der Waals surface area (Å²) in [7, 11) is 1.59. The number of nitrogens with zero attached hydrogens (tertiary/aromatic N) is 2. The van der Waals surface area contributed by atoms with Crippen molar-refractivity contribution in [2.75, 3.05) is 33.3 Å². The number of amides is 1. The number of ether oxygens (including phenoxy) is 3. The standard InChI is InChI=1S/C41H70N2O8/c1-9-33(44)21-23-41(7,49-8)36(51-39(47)43-26-24-42(25-27-43)32-17-13-11-12-14-18-32)20-19-30(4)37(46)29(3)16-15-22-40(6,48)28-35-38(50-35)31(5)34(45)10-2/h15-16,19-20,22,30-36,38,44-45,48H,9-14,17-18,21,23-28H2,1-8H3/b20-19+,22-15+,29-16+. The molecule has 0 radical (unpaired) electrons. The van der Waals surface area contributed by atoms with E-state index >= 15 is 0 Å². The summed E-state index contributed by atoms with van der Waals surface area (Å²) in [4.78, 5) is 31.3. The zero-order valence-electron chi connectivity index (χ0n) is 32.9. The van der Waals surface area contributed by atoms with Gasteiger partial charge in [0.05, 0.1) is 30.0 Å². The lowest BCUT2D eigenvalue weighted by Crippen LogP contribution is -2.53. The largest absolute Gasteiger partial charge is 0.439 e. The summed E-state index contributed by atoms with van der Waals surface area (Å²) in [6.07, 6.45) is 16.6. The monoisotopic (exact) mass is 719 g/mol. The fourth-order valence-corrected chi connectivity index (χ4v) is 7.51. The maximum Gasteiger partial charge on any atom is 0.410 e. The lowest BCUT2D eigenvalue weighted by atomic mass is 9.89. The van der Waals surface area contributed by atoms with E-state index in [1.165, 1.54) is 38.5 Å². The maximum atomic E-state index is 13.6. The van der Waals surface area contributed by atoms with Crippen molar-refractivity contribution in [3.63, 3.8) is 0 Å². The van der Waals surface area contributed by atoms with Crippen molar-refractivity contribution in [1.82, 2.24) is 9.80 Å². The average molecular weight is 719 g/mol. The predicted molar refractivity (Wildman–Crippen MR) is 201 cm³/mol. The van der Waals surface area contributed by atoms with Crippen LogP contribution in [0.4, 0.5) is 4.79 Å². The van der Waals surface area contributed by atoms with E-state index in [1.807, 2.05) is 34.6 Å². The molecule has 3 fully saturated rings. The molecule has 2 heterocycles. The molecule has 0 spiro atoms. The molecule has 0 aromatic heterocycles. The molecule has 0 aromatic rings. The number of aliphatic hydroxyl groups is 3.